The van der Waals surface area contributed by atoms with Crippen LogP contribution in [0.1, 0.15) is 22.4 Å². The molecule has 100 valence electrons. The van der Waals surface area contributed by atoms with Gasteiger partial charge < -0.3 is 10.6 Å². The van der Waals surface area contributed by atoms with Gasteiger partial charge in [0.05, 0.1) is 5.01 Å². The van der Waals surface area contributed by atoms with E-state index in [2.05, 4.69) is 20.6 Å². The Bertz CT molecular complexity index is 527. The van der Waals surface area contributed by atoms with Gasteiger partial charge in [-0.1, -0.05) is 0 Å². The second-order valence-corrected chi connectivity index (χ2v) is 4.87. The summed E-state index contributed by atoms with van der Waals surface area (Å²) < 4.78 is 0. The first kappa shape index (κ1) is 13.5. The van der Waals surface area contributed by atoms with Gasteiger partial charge in [0.15, 0.2) is 0 Å². The Balaban J connectivity index is 1.90. The lowest BCUT2D eigenvalue weighted by Crippen LogP contribution is -2.23. The highest BCUT2D eigenvalue weighted by atomic mass is 32.1. The Morgan fingerprint density at radius 3 is 3.00 bits per heavy atom. The van der Waals surface area contributed by atoms with Crippen molar-refractivity contribution in [3.05, 3.63) is 40.6 Å². The van der Waals surface area contributed by atoms with Crippen LogP contribution in [-0.2, 0) is 6.42 Å². The molecular formula is C13H16N4OS. The summed E-state index contributed by atoms with van der Waals surface area (Å²) in [5.41, 5.74) is 1.33. The highest BCUT2D eigenvalue weighted by molar-refractivity contribution is 7.09. The number of aromatic nitrogens is 2. The molecule has 0 saturated carbocycles. The zero-order valence-corrected chi connectivity index (χ0v) is 11.5. The van der Waals surface area contributed by atoms with Crippen molar-refractivity contribution >= 4 is 22.9 Å². The molecule has 2 rings (SSSR count). The molecule has 6 heteroatoms. The lowest BCUT2D eigenvalue weighted by molar-refractivity contribution is 0.0951. The maximum atomic E-state index is 11.6. The fourth-order valence-electron chi connectivity index (χ4n) is 1.61. The van der Waals surface area contributed by atoms with Crippen LogP contribution in [0.2, 0.25) is 0 Å². The number of carbonyl (C=O) groups excluding carboxylic acids is 1. The van der Waals surface area contributed by atoms with Crippen molar-refractivity contribution in [3.8, 4) is 0 Å². The average Bonchev–Trinajstić information content (AvgIpc) is 2.93. The molecule has 2 aromatic heterocycles. The molecule has 1 amide bonds. The molecular weight excluding hydrogens is 260 g/mol. The van der Waals surface area contributed by atoms with E-state index in [0.29, 0.717) is 12.2 Å². The molecule has 0 aliphatic rings. The average molecular weight is 276 g/mol. The topological polar surface area (TPSA) is 66.9 Å². The van der Waals surface area contributed by atoms with Gasteiger partial charge in [-0.15, -0.1) is 11.3 Å². The number of amides is 1. The molecule has 2 heterocycles. The first-order chi connectivity index (χ1) is 9.29. The Morgan fingerprint density at radius 1 is 1.37 bits per heavy atom. The van der Waals surface area contributed by atoms with Crippen molar-refractivity contribution in [1.82, 2.24) is 15.3 Å². The molecule has 2 aromatic rings. The minimum atomic E-state index is -0.147. The highest BCUT2D eigenvalue weighted by Crippen LogP contribution is 2.09. The molecule has 0 aliphatic carbocycles. The Morgan fingerprint density at radius 2 is 2.26 bits per heavy atom. The highest BCUT2D eigenvalue weighted by Gasteiger charge is 2.06. The quantitative estimate of drug-likeness (QED) is 0.846. The van der Waals surface area contributed by atoms with E-state index in [0.717, 1.165) is 23.7 Å². The van der Waals surface area contributed by atoms with Crippen molar-refractivity contribution < 1.29 is 4.79 Å². The van der Waals surface area contributed by atoms with E-state index < -0.39 is 0 Å². The fourth-order valence-corrected chi connectivity index (χ4v) is 2.23. The minimum Gasteiger partial charge on any atom is -0.385 e. The van der Waals surface area contributed by atoms with E-state index in [1.54, 1.807) is 29.8 Å². The van der Waals surface area contributed by atoms with Crippen LogP contribution in [0.15, 0.2) is 29.9 Å². The van der Waals surface area contributed by atoms with Crippen LogP contribution in [0.3, 0.4) is 0 Å². The third kappa shape index (κ3) is 4.03. The smallest absolute Gasteiger partial charge is 0.269 e. The van der Waals surface area contributed by atoms with Crippen LogP contribution in [0.5, 0.6) is 0 Å². The predicted molar refractivity (Wildman–Crippen MR) is 76.6 cm³/mol. The van der Waals surface area contributed by atoms with Crippen LogP contribution < -0.4 is 10.6 Å². The van der Waals surface area contributed by atoms with Gasteiger partial charge in [0, 0.05) is 43.0 Å². The van der Waals surface area contributed by atoms with Crippen LogP contribution in [-0.4, -0.2) is 29.0 Å². The number of pyridine rings is 1. The third-order valence-electron chi connectivity index (χ3n) is 2.48. The van der Waals surface area contributed by atoms with Crippen molar-refractivity contribution in [2.45, 2.75) is 13.3 Å². The van der Waals surface area contributed by atoms with E-state index in [1.165, 1.54) is 0 Å². The summed E-state index contributed by atoms with van der Waals surface area (Å²) in [6.45, 7) is 3.27. The number of nitrogens with one attached hydrogen (secondary N) is 2. The van der Waals surface area contributed by atoms with Crippen LogP contribution in [0.4, 0.5) is 5.69 Å². The van der Waals surface area contributed by atoms with Crippen LogP contribution in [0.25, 0.3) is 0 Å². The second kappa shape index (κ2) is 6.84. The summed E-state index contributed by atoms with van der Waals surface area (Å²) in [6.07, 6.45) is 4.31. The Labute approximate surface area is 116 Å². The normalized spacial score (nSPS) is 10.2. The molecule has 19 heavy (non-hydrogen) atoms. The molecule has 0 unspecified atom stereocenters. The maximum absolute atomic E-state index is 11.6. The van der Waals surface area contributed by atoms with E-state index in [9.17, 15) is 4.79 Å². The SMILES string of the molecule is CCNC(=O)c1cc(NCCc2nccs2)ccn1. The van der Waals surface area contributed by atoms with E-state index in [-0.39, 0.29) is 5.91 Å². The van der Waals surface area contributed by atoms with E-state index >= 15 is 0 Å². The molecule has 5 nitrogen and oxygen atoms in total. The summed E-state index contributed by atoms with van der Waals surface area (Å²) in [5.74, 6) is -0.147. The van der Waals surface area contributed by atoms with Gasteiger partial charge in [0.2, 0.25) is 0 Å². The van der Waals surface area contributed by atoms with Crippen molar-refractivity contribution in [1.29, 1.82) is 0 Å². The van der Waals surface area contributed by atoms with Crippen LogP contribution >= 0.6 is 11.3 Å². The zero-order chi connectivity index (χ0) is 13.5. The van der Waals surface area contributed by atoms with Gasteiger partial charge in [-0.05, 0) is 19.1 Å². The molecule has 2 N–H and O–H groups in total. The molecule has 0 spiro atoms. The van der Waals surface area contributed by atoms with Crippen molar-refractivity contribution in [3.63, 3.8) is 0 Å². The lowest BCUT2D eigenvalue weighted by atomic mass is 10.3. The third-order valence-corrected chi connectivity index (χ3v) is 3.32. The van der Waals surface area contributed by atoms with Crippen LogP contribution in [0, 0.1) is 0 Å². The van der Waals surface area contributed by atoms with E-state index in [1.807, 2.05) is 18.4 Å². The monoisotopic (exact) mass is 276 g/mol. The largest absolute Gasteiger partial charge is 0.385 e. The second-order valence-electron chi connectivity index (χ2n) is 3.89. The fraction of sp³-hybridized carbons (Fsp3) is 0.308. The summed E-state index contributed by atoms with van der Waals surface area (Å²) in [6, 6.07) is 3.61. The van der Waals surface area contributed by atoms with Gasteiger partial charge in [0.25, 0.3) is 5.91 Å². The van der Waals surface area contributed by atoms with Crippen molar-refractivity contribution in [2.24, 2.45) is 0 Å². The van der Waals surface area contributed by atoms with Crippen molar-refractivity contribution in [2.75, 3.05) is 18.4 Å². The molecule has 0 fully saturated rings. The molecule has 0 bridgehead atoms. The molecule has 0 saturated heterocycles. The standard InChI is InChI=1S/C13H16N4OS/c1-2-14-13(18)11-9-10(3-5-16-11)15-6-4-12-17-7-8-19-12/h3,5,7-9H,2,4,6H2,1H3,(H,14,18)(H,15,16). The predicted octanol–water partition coefficient (Wildman–Crippen LogP) is 1.94. The number of hydrogen-bond donors (Lipinski definition) is 2. The van der Waals surface area contributed by atoms with E-state index in [4.69, 9.17) is 0 Å². The summed E-state index contributed by atoms with van der Waals surface area (Å²) >= 11 is 1.65. The molecule has 0 aliphatic heterocycles. The first-order valence-electron chi connectivity index (χ1n) is 6.16. The number of hydrogen-bond acceptors (Lipinski definition) is 5. The first-order valence-corrected chi connectivity index (χ1v) is 7.04. The van der Waals surface area contributed by atoms with Gasteiger partial charge >= 0.3 is 0 Å². The van der Waals surface area contributed by atoms with Gasteiger partial charge in [-0.3, -0.25) is 9.78 Å². The molecule has 0 atom stereocenters. The number of rotatable bonds is 6. The maximum Gasteiger partial charge on any atom is 0.269 e. The number of carbonyl (C=O) groups is 1. The summed E-state index contributed by atoms with van der Waals surface area (Å²) in [4.78, 5) is 19.9. The lowest BCUT2D eigenvalue weighted by Gasteiger charge is -2.07. The Hall–Kier alpha value is -1.95. The number of nitrogens with zero attached hydrogens (tertiary/aromatic N) is 2. The van der Waals surface area contributed by atoms with Gasteiger partial charge in [-0.25, -0.2) is 4.98 Å². The number of thiazole rings is 1. The molecule has 0 radical (unpaired) electrons. The number of anilines is 1. The minimum absolute atomic E-state index is 0.147. The van der Waals surface area contributed by atoms with Gasteiger partial charge in [0.1, 0.15) is 5.69 Å². The summed E-state index contributed by atoms with van der Waals surface area (Å²) in [7, 11) is 0. The molecule has 0 aromatic carbocycles. The zero-order valence-electron chi connectivity index (χ0n) is 10.7. The Kier molecular flexibility index (Phi) is 4.85. The van der Waals surface area contributed by atoms with Gasteiger partial charge in [-0.2, -0.15) is 0 Å². The summed E-state index contributed by atoms with van der Waals surface area (Å²) in [5, 5.41) is 9.07.